The highest BCUT2D eigenvalue weighted by Crippen LogP contribution is 2.46. The summed E-state index contributed by atoms with van der Waals surface area (Å²) < 4.78 is 6.03. The number of carbonyl (C=O) groups excluding carboxylic acids is 1. The Balaban J connectivity index is 1.45. The van der Waals surface area contributed by atoms with E-state index in [4.69, 9.17) is 4.74 Å². The van der Waals surface area contributed by atoms with Gasteiger partial charge in [-0.3, -0.25) is 4.79 Å². The van der Waals surface area contributed by atoms with Crippen molar-refractivity contribution in [3.05, 3.63) is 0 Å². The van der Waals surface area contributed by atoms with Gasteiger partial charge in [0.1, 0.15) is 0 Å². The fourth-order valence-electron chi connectivity index (χ4n) is 2.89. The number of nitrogens with zero attached hydrogens (tertiary/aromatic N) is 1. The summed E-state index contributed by atoms with van der Waals surface area (Å²) in [6.07, 6.45) is 4.90. The van der Waals surface area contributed by atoms with Crippen LogP contribution in [0.5, 0.6) is 0 Å². The first-order chi connectivity index (χ1) is 8.21. The Bertz CT molecular complexity index is 311. The second-order valence-corrected chi connectivity index (χ2v) is 7.16. The maximum atomic E-state index is 11.9. The van der Waals surface area contributed by atoms with E-state index < -0.39 is 0 Å². The van der Waals surface area contributed by atoms with Gasteiger partial charge in [0.05, 0.1) is 10.9 Å². The summed E-state index contributed by atoms with van der Waals surface area (Å²) in [5.74, 6) is 2.21. The molecule has 0 unspecified atom stereocenters. The van der Waals surface area contributed by atoms with Gasteiger partial charge in [-0.25, -0.2) is 0 Å². The van der Waals surface area contributed by atoms with Crippen LogP contribution in [0.3, 0.4) is 0 Å². The normalized spacial score (nSPS) is 30.6. The molecule has 0 aromatic rings. The van der Waals surface area contributed by atoms with Crippen molar-refractivity contribution in [2.24, 2.45) is 5.92 Å². The highest BCUT2D eigenvalue weighted by Gasteiger charge is 2.51. The summed E-state index contributed by atoms with van der Waals surface area (Å²) in [6, 6.07) is 0. The lowest BCUT2D eigenvalue weighted by Crippen LogP contribution is -2.60. The molecular formula is C13H21NO2S. The molecule has 1 saturated carbocycles. The maximum absolute atomic E-state index is 11.9. The Morgan fingerprint density at radius 3 is 2.88 bits per heavy atom. The van der Waals surface area contributed by atoms with Crippen LogP contribution in [0, 0.1) is 5.92 Å². The van der Waals surface area contributed by atoms with Crippen molar-refractivity contribution < 1.29 is 9.53 Å². The lowest BCUT2D eigenvalue weighted by molar-refractivity contribution is -0.137. The average molecular weight is 255 g/mol. The predicted octanol–water partition coefficient (Wildman–Crippen LogP) is 1.91. The van der Waals surface area contributed by atoms with Gasteiger partial charge < -0.3 is 9.64 Å². The van der Waals surface area contributed by atoms with Gasteiger partial charge in [0.2, 0.25) is 5.91 Å². The number of hydrogen-bond acceptors (Lipinski definition) is 3. The van der Waals surface area contributed by atoms with Crippen molar-refractivity contribution in [2.45, 2.75) is 43.5 Å². The van der Waals surface area contributed by atoms with Crippen LogP contribution in [-0.4, -0.2) is 47.1 Å². The first-order valence-corrected chi connectivity index (χ1v) is 7.73. The van der Waals surface area contributed by atoms with Gasteiger partial charge in [-0.15, -0.1) is 11.8 Å². The molecule has 2 saturated heterocycles. The Morgan fingerprint density at radius 1 is 1.47 bits per heavy atom. The fourth-order valence-corrected chi connectivity index (χ4v) is 4.44. The average Bonchev–Trinajstić information content (AvgIpc) is 2.94. The van der Waals surface area contributed by atoms with E-state index in [1.165, 1.54) is 12.8 Å². The molecule has 3 fully saturated rings. The minimum atomic E-state index is 0.346. The van der Waals surface area contributed by atoms with Crippen LogP contribution >= 0.6 is 11.8 Å². The van der Waals surface area contributed by atoms with Crippen LogP contribution in [0.1, 0.15) is 32.6 Å². The van der Waals surface area contributed by atoms with Crippen molar-refractivity contribution in [2.75, 3.05) is 25.4 Å². The van der Waals surface area contributed by atoms with Crippen molar-refractivity contribution in [1.29, 1.82) is 0 Å². The third-order valence-corrected chi connectivity index (χ3v) is 5.62. The van der Waals surface area contributed by atoms with Gasteiger partial charge in [-0.05, 0) is 32.1 Å². The van der Waals surface area contributed by atoms with Crippen molar-refractivity contribution in [3.8, 4) is 0 Å². The summed E-state index contributed by atoms with van der Waals surface area (Å²) in [5.41, 5.74) is 0. The van der Waals surface area contributed by atoms with E-state index in [0.29, 0.717) is 22.7 Å². The first-order valence-electron chi connectivity index (χ1n) is 6.74. The quantitative estimate of drug-likeness (QED) is 0.768. The lowest BCUT2D eigenvalue weighted by Gasteiger charge is -2.47. The topological polar surface area (TPSA) is 29.5 Å². The largest absolute Gasteiger partial charge is 0.378 e. The molecule has 4 heteroatoms. The molecule has 3 rings (SSSR count). The predicted molar refractivity (Wildman–Crippen MR) is 69.1 cm³/mol. The Hall–Kier alpha value is -0.220. The van der Waals surface area contributed by atoms with E-state index in [0.717, 1.165) is 38.3 Å². The van der Waals surface area contributed by atoms with Gasteiger partial charge in [0.15, 0.2) is 0 Å². The van der Waals surface area contributed by atoms with Gasteiger partial charge >= 0.3 is 0 Å². The molecule has 96 valence electrons. The van der Waals surface area contributed by atoms with E-state index in [-0.39, 0.29) is 0 Å². The summed E-state index contributed by atoms with van der Waals surface area (Å²) >= 11 is 2.02. The highest BCUT2D eigenvalue weighted by molar-refractivity contribution is 8.01. The molecule has 1 atom stereocenters. The van der Waals surface area contributed by atoms with E-state index >= 15 is 0 Å². The minimum Gasteiger partial charge on any atom is -0.378 e. The van der Waals surface area contributed by atoms with Crippen LogP contribution < -0.4 is 0 Å². The van der Waals surface area contributed by atoms with Crippen LogP contribution in [-0.2, 0) is 9.53 Å². The molecule has 3 nitrogen and oxygen atoms in total. The summed E-state index contributed by atoms with van der Waals surface area (Å²) in [5, 5.41) is 0. The summed E-state index contributed by atoms with van der Waals surface area (Å²) in [6.45, 7) is 4.80. The maximum Gasteiger partial charge on any atom is 0.222 e. The van der Waals surface area contributed by atoms with Crippen molar-refractivity contribution in [3.63, 3.8) is 0 Å². The van der Waals surface area contributed by atoms with Gasteiger partial charge in [-0.1, -0.05) is 0 Å². The molecule has 0 N–H and O–H groups in total. The van der Waals surface area contributed by atoms with Gasteiger partial charge in [0, 0.05) is 31.9 Å². The summed E-state index contributed by atoms with van der Waals surface area (Å²) in [7, 11) is 0. The fraction of sp³-hybridized carbons (Fsp3) is 0.923. The van der Waals surface area contributed by atoms with Crippen LogP contribution in [0.15, 0.2) is 0 Å². The molecule has 0 radical (unpaired) electrons. The van der Waals surface area contributed by atoms with Crippen LogP contribution in [0.2, 0.25) is 0 Å². The molecule has 0 bridgehead atoms. The number of hydrogen-bond donors (Lipinski definition) is 0. The lowest BCUT2D eigenvalue weighted by atomic mass is 9.92. The molecule has 0 aromatic heterocycles. The Morgan fingerprint density at radius 2 is 2.24 bits per heavy atom. The number of ether oxygens (including phenoxy) is 1. The minimum absolute atomic E-state index is 0.346. The first kappa shape index (κ1) is 11.8. The molecule has 2 heterocycles. The molecule has 1 amide bonds. The number of amides is 1. The zero-order valence-electron chi connectivity index (χ0n) is 10.5. The van der Waals surface area contributed by atoms with E-state index in [1.807, 2.05) is 11.8 Å². The second-order valence-electron chi connectivity index (χ2n) is 5.67. The van der Waals surface area contributed by atoms with Crippen LogP contribution in [0.4, 0.5) is 0 Å². The number of thioether (sulfide) groups is 1. The molecular weight excluding hydrogens is 234 g/mol. The monoisotopic (exact) mass is 255 g/mol. The summed E-state index contributed by atoms with van der Waals surface area (Å²) in [4.78, 5) is 14.0. The Kier molecular flexibility index (Phi) is 3.11. The van der Waals surface area contributed by atoms with E-state index in [9.17, 15) is 4.79 Å². The molecule has 3 aliphatic rings. The van der Waals surface area contributed by atoms with Gasteiger partial charge in [0.25, 0.3) is 0 Å². The molecule has 0 aromatic carbocycles. The molecule has 17 heavy (non-hydrogen) atoms. The zero-order chi connectivity index (χ0) is 11.9. The SMILES string of the molecule is CCO[C@@H]1CSC2(C1)CN(C(=O)CC1CC1)C2. The van der Waals surface area contributed by atoms with Crippen molar-refractivity contribution in [1.82, 2.24) is 4.90 Å². The third-order valence-electron chi connectivity index (χ3n) is 4.05. The smallest absolute Gasteiger partial charge is 0.222 e. The molecule has 1 aliphatic carbocycles. The number of carbonyl (C=O) groups is 1. The van der Waals surface area contributed by atoms with E-state index in [2.05, 4.69) is 11.8 Å². The van der Waals surface area contributed by atoms with E-state index in [1.54, 1.807) is 0 Å². The molecule has 1 spiro atoms. The number of likely N-dealkylation sites (tertiary alicyclic amines) is 1. The van der Waals surface area contributed by atoms with Crippen molar-refractivity contribution >= 4 is 17.7 Å². The highest BCUT2D eigenvalue weighted by atomic mass is 32.2. The number of rotatable bonds is 4. The van der Waals surface area contributed by atoms with Crippen LogP contribution in [0.25, 0.3) is 0 Å². The second kappa shape index (κ2) is 4.47. The standard InChI is InChI=1S/C13H21NO2S/c1-2-16-11-6-13(17-7-11)8-14(9-13)12(15)5-10-3-4-10/h10-11H,2-9H2,1H3/t11-/m0/s1. The molecule has 2 aliphatic heterocycles. The third kappa shape index (κ3) is 2.48. The Labute approximate surface area is 107 Å². The van der Waals surface area contributed by atoms with Gasteiger partial charge in [-0.2, -0.15) is 0 Å². The zero-order valence-corrected chi connectivity index (χ0v) is 11.3.